The predicted octanol–water partition coefficient (Wildman–Crippen LogP) is 2.20. The van der Waals surface area contributed by atoms with Crippen molar-refractivity contribution in [3.8, 4) is 0 Å². The van der Waals surface area contributed by atoms with Crippen LogP contribution in [0.5, 0.6) is 0 Å². The molecule has 21 heavy (non-hydrogen) atoms. The van der Waals surface area contributed by atoms with Crippen LogP contribution in [-0.2, 0) is 4.74 Å². The molecule has 0 aliphatic heterocycles. The van der Waals surface area contributed by atoms with Gasteiger partial charge < -0.3 is 15.2 Å². The summed E-state index contributed by atoms with van der Waals surface area (Å²) in [6.45, 7) is 5.87. The number of methoxy groups -OCH3 is 1. The van der Waals surface area contributed by atoms with E-state index in [-0.39, 0.29) is 23.2 Å². The molecule has 1 atom stereocenters. The number of hydrogen-bond donors (Lipinski definition) is 2. The molecule has 1 aromatic carbocycles. The fourth-order valence-electron chi connectivity index (χ4n) is 1.59. The number of nitro groups is 1. The first-order valence-corrected chi connectivity index (χ1v) is 6.45. The summed E-state index contributed by atoms with van der Waals surface area (Å²) in [4.78, 5) is 21.9. The molecule has 0 saturated heterocycles. The van der Waals surface area contributed by atoms with Gasteiger partial charge in [0.25, 0.3) is 5.69 Å². The molecule has 0 aliphatic rings. The maximum Gasteiger partial charge on any atom is 0.340 e. The Morgan fingerprint density at radius 2 is 2.10 bits per heavy atom. The van der Waals surface area contributed by atoms with Crippen LogP contribution in [0.25, 0.3) is 0 Å². The van der Waals surface area contributed by atoms with Crippen molar-refractivity contribution in [2.24, 2.45) is 5.41 Å². The van der Waals surface area contributed by atoms with Crippen molar-refractivity contribution in [1.82, 2.24) is 0 Å². The highest BCUT2D eigenvalue weighted by molar-refractivity contribution is 5.96. The van der Waals surface area contributed by atoms with E-state index < -0.39 is 17.0 Å². The highest BCUT2D eigenvalue weighted by Crippen LogP contribution is 2.24. The number of ether oxygens (including phenoxy) is 1. The fourth-order valence-corrected chi connectivity index (χ4v) is 1.59. The zero-order chi connectivity index (χ0) is 16.2. The summed E-state index contributed by atoms with van der Waals surface area (Å²) in [6.07, 6.45) is -0.641. The first-order valence-electron chi connectivity index (χ1n) is 6.45. The Kier molecular flexibility index (Phi) is 5.26. The molecular formula is C14H20N2O5. The predicted molar refractivity (Wildman–Crippen MR) is 78.4 cm³/mol. The maximum atomic E-state index is 11.7. The van der Waals surface area contributed by atoms with Gasteiger partial charge in [-0.3, -0.25) is 10.1 Å². The highest BCUT2D eigenvalue weighted by atomic mass is 16.6. The number of nitrogens with one attached hydrogen (secondary N) is 1. The monoisotopic (exact) mass is 296 g/mol. The molecule has 0 fully saturated rings. The van der Waals surface area contributed by atoms with E-state index in [1.165, 1.54) is 19.2 Å². The fraction of sp³-hybridized carbons (Fsp3) is 0.500. The molecule has 1 aromatic rings. The van der Waals surface area contributed by atoms with E-state index in [0.29, 0.717) is 5.69 Å². The molecule has 0 aromatic heterocycles. The Bertz CT molecular complexity index is 537. The molecule has 7 nitrogen and oxygen atoms in total. The van der Waals surface area contributed by atoms with E-state index in [1.807, 2.05) is 20.8 Å². The van der Waals surface area contributed by atoms with E-state index in [0.717, 1.165) is 6.07 Å². The number of carbonyl (C=O) groups excluding carboxylic acids is 1. The first-order chi connectivity index (χ1) is 9.66. The van der Waals surface area contributed by atoms with Gasteiger partial charge in [-0.1, -0.05) is 20.8 Å². The molecule has 1 rings (SSSR count). The second kappa shape index (κ2) is 6.53. The second-order valence-corrected chi connectivity index (χ2v) is 5.74. The normalized spacial score (nSPS) is 12.6. The van der Waals surface area contributed by atoms with Gasteiger partial charge >= 0.3 is 5.97 Å². The van der Waals surface area contributed by atoms with Crippen LogP contribution in [0.1, 0.15) is 31.1 Å². The van der Waals surface area contributed by atoms with Gasteiger partial charge in [0, 0.05) is 24.4 Å². The minimum Gasteiger partial charge on any atom is -0.465 e. The van der Waals surface area contributed by atoms with Gasteiger partial charge in [0.15, 0.2) is 0 Å². The molecule has 0 amide bonds. The summed E-state index contributed by atoms with van der Waals surface area (Å²) in [5.41, 5.74) is -0.0694. The van der Waals surface area contributed by atoms with Gasteiger partial charge in [0.2, 0.25) is 0 Å². The van der Waals surface area contributed by atoms with E-state index in [1.54, 1.807) is 0 Å². The van der Waals surface area contributed by atoms with Gasteiger partial charge in [0.05, 0.1) is 23.7 Å². The summed E-state index contributed by atoms with van der Waals surface area (Å²) in [5.74, 6) is -0.675. The number of aliphatic hydroxyl groups excluding tert-OH is 1. The number of anilines is 1. The van der Waals surface area contributed by atoms with E-state index in [9.17, 15) is 20.0 Å². The van der Waals surface area contributed by atoms with Crippen molar-refractivity contribution >= 4 is 17.3 Å². The second-order valence-electron chi connectivity index (χ2n) is 5.74. The lowest BCUT2D eigenvalue weighted by Gasteiger charge is -2.26. The summed E-state index contributed by atoms with van der Waals surface area (Å²) in [7, 11) is 1.20. The van der Waals surface area contributed by atoms with Crippen LogP contribution < -0.4 is 5.32 Å². The number of esters is 1. The van der Waals surface area contributed by atoms with E-state index in [4.69, 9.17) is 0 Å². The van der Waals surface area contributed by atoms with Gasteiger partial charge in [-0.15, -0.1) is 0 Å². The number of non-ortho nitro benzene ring substituents is 1. The van der Waals surface area contributed by atoms with Gasteiger partial charge in [-0.25, -0.2) is 4.79 Å². The number of carbonyl (C=O) groups is 1. The van der Waals surface area contributed by atoms with Crippen LogP contribution in [0.15, 0.2) is 18.2 Å². The number of nitro benzene ring substituents is 1. The van der Waals surface area contributed by atoms with E-state index in [2.05, 4.69) is 10.1 Å². The molecule has 116 valence electrons. The number of aliphatic hydroxyl groups is 1. The smallest absolute Gasteiger partial charge is 0.340 e. The summed E-state index contributed by atoms with van der Waals surface area (Å²) < 4.78 is 4.62. The van der Waals surface area contributed by atoms with Gasteiger partial charge in [-0.05, 0) is 11.5 Å². The van der Waals surface area contributed by atoms with Crippen LogP contribution >= 0.6 is 0 Å². The van der Waals surface area contributed by atoms with Gasteiger partial charge in [-0.2, -0.15) is 0 Å². The number of nitrogens with zero attached hydrogens (tertiary/aromatic N) is 1. The third-order valence-electron chi connectivity index (χ3n) is 3.10. The topological polar surface area (TPSA) is 102 Å². The first kappa shape index (κ1) is 16.9. The van der Waals surface area contributed by atoms with Crippen LogP contribution in [0.4, 0.5) is 11.4 Å². The number of rotatable bonds is 5. The third kappa shape index (κ3) is 4.42. The minimum absolute atomic E-state index is 0.0628. The summed E-state index contributed by atoms with van der Waals surface area (Å²) >= 11 is 0. The molecule has 0 radical (unpaired) electrons. The van der Waals surface area contributed by atoms with Crippen molar-refractivity contribution in [1.29, 1.82) is 0 Å². The Morgan fingerprint density at radius 3 is 2.57 bits per heavy atom. The standard InChI is InChI=1S/C14H20N2O5/c1-14(2,3)12(17)8-15-11-6-5-9(16(19)20)7-10(11)13(18)21-4/h5-7,12,15,17H,8H2,1-4H3. The van der Waals surface area contributed by atoms with Crippen molar-refractivity contribution in [3.05, 3.63) is 33.9 Å². The SMILES string of the molecule is COC(=O)c1cc([N+](=O)[O-])ccc1NCC(O)C(C)(C)C. The Morgan fingerprint density at radius 1 is 1.48 bits per heavy atom. The van der Waals surface area contributed by atoms with E-state index >= 15 is 0 Å². The molecule has 2 N–H and O–H groups in total. The zero-order valence-corrected chi connectivity index (χ0v) is 12.5. The Hall–Kier alpha value is -2.15. The molecule has 1 unspecified atom stereocenters. The Balaban J connectivity index is 3.01. The largest absolute Gasteiger partial charge is 0.465 e. The summed E-state index contributed by atoms with van der Waals surface area (Å²) in [6, 6.07) is 3.87. The average Bonchev–Trinajstić information content (AvgIpc) is 2.42. The summed E-state index contributed by atoms with van der Waals surface area (Å²) in [5, 5.41) is 23.7. The van der Waals surface area contributed by atoms with Gasteiger partial charge in [0.1, 0.15) is 0 Å². The molecule has 0 aliphatic carbocycles. The van der Waals surface area contributed by atoms with Crippen LogP contribution in [-0.4, -0.2) is 35.8 Å². The average molecular weight is 296 g/mol. The molecule has 7 heteroatoms. The van der Waals surface area contributed by atoms with Crippen molar-refractivity contribution < 1.29 is 19.6 Å². The molecule has 0 saturated carbocycles. The zero-order valence-electron chi connectivity index (χ0n) is 12.5. The maximum absolute atomic E-state index is 11.7. The van der Waals surface area contributed by atoms with Crippen LogP contribution in [0, 0.1) is 15.5 Å². The number of hydrogen-bond acceptors (Lipinski definition) is 6. The quantitative estimate of drug-likeness (QED) is 0.490. The number of benzene rings is 1. The minimum atomic E-state index is -0.675. The lowest BCUT2D eigenvalue weighted by molar-refractivity contribution is -0.384. The molecule has 0 heterocycles. The van der Waals surface area contributed by atoms with Crippen LogP contribution in [0.3, 0.4) is 0 Å². The highest BCUT2D eigenvalue weighted by Gasteiger charge is 2.23. The lowest BCUT2D eigenvalue weighted by atomic mass is 9.89. The lowest BCUT2D eigenvalue weighted by Crippen LogP contribution is -2.33. The molecule has 0 spiro atoms. The van der Waals surface area contributed by atoms with Crippen molar-refractivity contribution in [3.63, 3.8) is 0 Å². The molecular weight excluding hydrogens is 276 g/mol. The van der Waals surface area contributed by atoms with Crippen LogP contribution in [0.2, 0.25) is 0 Å². The Labute approximate surface area is 123 Å². The third-order valence-corrected chi connectivity index (χ3v) is 3.10. The van der Waals surface area contributed by atoms with Crippen molar-refractivity contribution in [2.75, 3.05) is 19.0 Å². The van der Waals surface area contributed by atoms with Crippen molar-refractivity contribution in [2.45, 2.75) is 26.9 Å². The molecule has 0 bridgehead atoms.